The molecule has 3 aromatic rings. The van der Waals surface area contributed by atoms with Gasteiger partial charge in [-0.25, -0.2) is 4.79 Å². The molecule has 0 unspecified atom stereocenters. The van der Waals surface area contributed by atoms with E-state index in [-0.39, 0.29) is 10.7 Å². The molecule has 3 rings (SSSR count). The normalized spacial score (nSPS) is 10.4. The summed E-state index contributed by atoms with van der Waals surface area (Å²) in [6.07, 6.45) is 0.737. The molecular formula is C19H16ClN3O3S. The number of halogens is 1. The van der Waals surface area contributed by atoms with E-state index in [0.29, 0.717) is 22.5 Å². The number of thiocarbonyl (C=S) groups is 1. The first-order valence-electron chi connectivity index (χ1n) is 8.14. The number of hydrogen-bond donors (Lipinski definition) is 3. The molecule has 1 aromatic heterocycles. The highest BCUT2D eigenvalue weighted by Gasteiger charge is 2.13. The highest BCUT2D eigenvalue weighted by atomic mass is 35.5. The fraction of sp³-hybridized carbons (Fsp3) is 0.105. The summed E-state index contributed by atoms with van der Waals surface area (Å²) in [5.41, 5.74) is 5.67. The van der Waals surface area contributed by atoms with Gasteiger partial charge in [-0.1, -0.05) is 41.9 Å². The van der Waals surface area contributed by atoms with Gasteiger partial charge in [-0.05, 0) is 48.5 Å². The molecule has 0 bridgehead atoms. The van der Waals surface area contributed by atoms with E-state index >= 15 is 0 Å². The number of rotatable bonds is 4. The monoisotopic (exact) mass is 401 g/mol. The molecule has 1 amide bonds. The Bertz CT molecular complexity index is 1030. The van der Waals surface area contributed by atoms with Crippen molar-refractivity contribution < 1.29 is 9.21 Å². The largest absolute Gasteiger partial charge is 0.422 e. The number of fused-ring (bicyclic) bond motifs is 1. The van der Waals surface area contributed by atoms with Crippen molar-refractivity contribution in [1.29, 1.82) is 0 Å². The molecule has 2 aromatic carbocycles. The minimum absolute atomic E-state index is 0.106. The fourth-order valence-electron chi connectivity index (χ4n) is 2.42. The molecule has 138 valence electrons. The molecule has 27 heavy (non-hydrogen) atoms. The van der Waals surface area contributed by atoms with Crippen molar-refractivity contribution in [3.8, 4) is 0 Å². The molecular weight excluding hydrogens is 386 g/mol. The molecule has 0 radical (unpaired) electrons. The topological polar surface area (TPSA) is 83.4 Å². The third-order valence-electron chi connectivity index (χ3n) is 3.79. The molecule has 0 saturated carbocycles. The zero-order valence-corrected chi connectivity index (χ0v) is 15.7. The average molecular weight is 402 g/mol. The van der Waals surface area contributed by atoms with Crippen LogP contribution >= 0.6 is 23.8 Å². The van der Waals surface area contributed by atoms with E-state index in [1.165, 1.54) is 6.07 Å². The van der Waals surface area contributed by atoms with Gasteiger partial charge in [0.15, 0.2) is 5.11 Å². The minimum Gasteiger partial charge on any atom is -0.422 e. The predicted octanol–water partition coefficient (Wildman–Crippen LogP) is 2.80. The number of para-hydroxylation sites is 1. The number of hydrazine groups is 1. The van der Waals surface area contributed by atoms with Gasteiger partial charge in [0, 0.05) is 17.0 Å². The van der Waals surface area contributed by atoms with E-state index in [2.05, 4.69) is 16.2 Å². The van der Waals surface area contributed by atoms with E-state index in [1.807, 2.05) is 24.3 Å². The Morgan fingerprint density at radius 1 is 1.07 bits per heavy atom. The van der Waals surface area contributed by atoms with Gasteiger partial charge in [-0.3, -0.25) is 15.6 Å². The number of hydrogen-bond acceptors (Lipinski definition) is 4. The summed E-state index contributed by atoms with van der Waals surface area (Å²) >= 11 is 11.0. The van der Waals surface area contributed by atoms with Gasteiger partial charge in [-0.15, -0.1) is 0 Å². The Morgan fingerprint density at radius 2 is 1.81 bits per heavy atom. The lowest BCUT2D eigenvalue weighted by Gasteiger charge is -2.11. The Hall–Kier alpha value is -2.90. The van der Waals surface area contributed by atoms with Gasteiger partial charge in [0.2, 0.25) is 0 Å². The van der Waals surface area contributed by atoms with Crippen LogP contribution in [0.25, 0.3) is 11.0 Å². The van der Waals surface area contributed by atoms with Crippen LogP contribution in [-0.2, 0) is 6.42 Å². The summed E-state index contributed by atoms with van der Waals surface area (Å²) in [5, 5.41) is 4.55. The van der Waals surface area contributed by atoms with Crippen molar-refractivity contribution in [2.75, 3.05) is 6.54 Å². The van der Waals surface area contributed by atoms with E-state index < -0.39 is 11.5 Å². The maximum atomic E-state index is 12.2. The van der Waals surface area contributed by atoms with Crippen LogP contribution in [0.2, 0.25) is 5.02 Å². The quantitative estimate of drug-likeness (QED) is 0.354. The Balaban J connectivity index is 1.51. The summed E-state index contributed by atoms with van der Waals surface area (Å²) in [4.78, 5) is 24.2. The fourth-order valence-corrected chi connectivity index (χ4v) is 2.70. The molecule has 3 N–H and O–H groups in total. The van der Waals surface area contributed by atoms with Crippen molar-refractivity contribution in [2.45, 2.75) is 6.42 Å². The zero-order chi connectivity index (χ0) is 19.2. The van der Waals surface area contributed by atoms with E-state index in [1.54, 1.807) is 24.3 Å². The van der Waals surface area contributed by atoms with Gasteiger partial charge in [-0.2, -0.15) is 0 Å². The molecule has 0 aliphatic rings. The maximum absolute atomic E-state index is 12.2. The van der Waals surface area contributed by atoms with E-state index in [0.717, 1.165) is 12.0 Å². The molecule has 0 saturated heterocycles. The second kappa shape index (κ2) is 8.66. The molecule has 0 aliphatic carbocycles. The molecule has 6 nitrogen and oxygen atoms in total. The van der Waals surface area contributed by atoms with Crippen molar-refractivity contribution in [1.82, 2.24) is 16.2 Å². The van der Waals surface area contributed by atoms with Crippen LogP contribution in [0.3, 0.4) is 0 Å². The van der Waals surface area contributed by atoms with Crippen LogP contribution in [0.15, 0.2) is 63.8 Å². The highest BCUT2D eigenvalue weighted by Crippen LogP contribution is 2.12. The Labute approximate surface area is 165 Å². The number of carbonyl (C=O) groups is 1. The van der Waals surface area contributed by atoms with E-state index in [9.17, 15) is 9.59 Å². The average Bonchev–Trinajstić information content (AvgIpc) is 2.67. The molecule has 0 fully saturated rings. The van der Waals surface area contributed by atoms with Crippen LogP contribution in [0.4, 0.5) is 0 Å². The second-order valence-electron chi connectivity index (χ2n) is 5.70. The molecule has 1 heterocycles. The van der Waals surface area contributed by atoms with Crippen molar-refractivity contribution in [2.24, 2.45) is 0 Å². The first-order valence-corrected chi connectivity index (χ1v) is 8.93. The SMILES string of the molecule is O=C(NNC(=S)NCCc1ccc(Cl)cc1)c1cc2ccccc2oc1=O. The smallest absolute Gasteiger partial charge is 0.349 e. The third kappa shape index (κ3) is 5.06. The van der Waals surface area contributed by atoms with Gasteiger partial charge >= 0.3 is 5.63 Å². The number of benzene rings is 2. The van der Waals surface area contributed by atoms with Crippen LogP contribution < -0.4 is 21.8 Å². The van der Waals surface area contributed by atoms with Crippen LogP contribution in [0.5, 0.6) is 0 Å². The van der Waals surface area contributed by atoms with Gasteiger partial charge < -0.3 is 9.73 Å². The van der Waals surface area contributed by atoms with Crippen LogP contribution in [0.1, 0.15) is 15.9 Å². The maximum Gasteiger partial charge on any atom is 0.349 e. The van der Waals surface area contributed by atoms with Gasteiger partial charge in [0.05, 0.1) is 0 Å². The summed E-state index contributed by atoms with van der Waals surface area (Å²) in [6, 6.07) is 16.0. The van der Waals surface area contributed by atoms with Gasteiger partial charge in [0.1, 0.15) is 11.1 Å². The Morgan fingerprint density at radius 3 is 2.59 bits per heavy atom. The number of amides is 1. The standard InChI is InChI=1S/C19H16ClN3O3S/c20-14-7-5-12(6-8-14)9-10-21-19(27)23-22-17(24)15-11-13-3-1-2-4-16(13)26-18(15)25/h1-8,11H,9-10H2,(H,22,24)(H2,21,23,27). The summed E-state index contributed by atoms with van der Waals surface area (Å²) in [6.45, 7) is 0.571. The first-order chi connectivity index (χ1) is 13.0. The lowest BCUT2D eigenvalue weighted by Crippen LogP contribution is -2.48. The van der Waals surface area contributed by atoms with Crippen molar-refractivity contribution in [3.63, 3.8) is 0 Å². The lowest BCUT2D eigenvalue weighted by atomic mass is 10.1. The Kier molecular flexibility index (Phi) is 6.05. The van der Waals surface area contributed by atoms with Crippen LogP contribution in [-0.4, -0.2) is 17.6 Å². The number of nitrogens with one attached hydrogen (secondary N) is 3. The molecule has 8 heteroatoms. The van der Waals surface area contributed by atoms with Gasteiger partial charge in [0.25, 0.3) is 5.91 Å². The van der Waals surface area contributed by atoms with Crippen molar-refractivity contribution in [3.05, 3.63) is 81.2 Å². The third-order valence-corrected chi connectivity index (χ3v) is 4.29. The number of carbonyl (C=O) groups excluding carboxylic acids is 1. The minimum atomic E-state index is -0.713. The summed E-state index contributed by atoms with van der Waals surface area (Å²) < 4.78 is 5.14. The van der Waals surface area contributed by atoms with Crippen molar-refractivity contribution >= 4 is 45.8 Å². The predicted molar refractivity (Wildman–Crippen MR) is 109 cm³/mol. The second-order valence-corrected chi connectivity index (χ2v) is 6.54. The zero-order valence-electron chi connectivity index (χ0n) is 14.1. The molecule has 0 atom stereocenters. The summed E-state index contributed by atoms with van der Waals surface area (Å²) in [5.74, 6) is -0.628. The summed E-state index contributed by atoms with van der Waals surface area (Å²) in [7, 11) is 0. The highest BCUT2D eigenvalue weighted by molar-refractivity contribution is 7.80. The molecule has 0 aliphatic heterocycles. The first kappa shape index (κ1) is 18.9. The lowest BCUT2D eigenvalue weighted by molar-refractivity contribution is 0.0940. The molecule has 0 spiro atoms. The van der Waals surface area contributed by atoms with E-state index in [4.69, 9.17) is 28.2 Å². The van der Waals surface area contributed by atoms with Crippen LogP contribution in [0, 0.1) is 0 Å².